The van der Waals surface area contributed by atoms with Crippen LogP contribution in [0.2, 0.25) is 0 Å². The van der Waals surface area contributed by atoms with Gasteiger partial charge in [-0.15, -0.1) is 0 Å². The van der Waals surface area contributed by atoms with E-state index in [9.17, 15) is 4.79 Å². The first-order valence-corrected chi connectivity index (χ1v) is 7.91. The molecule has 0 aromatic heterocycles. The molecule has 2 fully saturated rings. The molecule has 0 aromatic carbocycles. The van der Waals surface area contributed by atoms with E-state index in [1.54, 1.807) is 0 Å². The van der Waals surface area contributed by atoms with Crippen LogP contribution in [0.3, 0.4) is 0 Å². The van der Waals surface area contributed by atoms with E-state index in [-0.39, 0.29) is 6.04 Å². The molecular weight excluding hydrogens is 266 g/mol. The highest BCUT2D eigenvalue weighted by Gasteiger charge is 2.37. The number of fused-ring (bicyclic) bond motifs is 2. The summed E-state index contributed by atoms with van der Waals surface area (Å²) in [5.41, 5.74) is 4.16. The fraction of sp³-hybridized carbons (Fsp3) is 0.588. The van der Waals surface area contributed by atoms with Crippen LogP contribution >= 0.6 is 0 Å². The molecule has 0 radical (unpaired) electrons. The highest BCUT2D eigenvalue weighted by Crippen LogP contribution is 2.41. The SMILES string of the molecule is O=CC1CC2CCCC3=CC4(C=CC3=C2CN1)OCCO4. The molecule has 4 nitrogen and oxygen atoms in total. The van der Waals surface area contributed by atoms with Gasteiger partial charge in [0.15, 0.2) is 0 Å². The van der Waals surface area contributed by atoms with Crippen LogP contribution in [0, 0.1) is 5.92 Å². The fourth-order valence-corrected chi connectivity index (χ4v) is 3.99. The third kappa shape index (κ3) is 2.31. The molecule has 0 bridgehead atoms. The maximum Gasteiger partial charge on any atom is 0.209 e. The van der Waals surface area contributed by atoms with Crippen LogP contribution in [0.15, 0.2) is 34.9 Å². The summed E-state index contributed by atoms with van der Waals surface area (Å²) in [6, 6.07) is 0.0188. The lowest BCUT2D eigenvalue weighted by molar-refractivity contribution is -0.110. The molecule has 4 aliphatic rings. The van der Waals surface area contributed by atoms with Crippen LogP contribution in [0.25, 0.3) is 0 Å². The predicted octanol–water partition coefficient (Wildman–Crippen LogP) is 1.88. The zero-order valence-corrected chi connectivity index (χ0v) is 12.1. The average Bonchev–Trinajstić information content (AvgIpc) is 2.88. The van der Waals surface area contributed by atoms with Crippen molar-refractivity contribution in [3.63, 3.8) is 0 Å². The van der Waals surface area contributed by atoms with Gasteiger partial charge in [0.1, 0.15) is 6.29 Å². The average molecular weight is 287 g/mol. The lowest BCUT2D eigenvalue weighted by Gasteiger charge is -2.32. The van der Waals surface area contributed by atoms with Gasteiger partial charge in [0.25, 0.3) is 0 Å². The summed E-state index contributed by atoms with van der Waals surface area (Å²) in [6.45, 7) is 2.14. The summed E-state index contributed by atoms with van der Waals surface area (Å²) in [7, 11) is 0. The molecule has 4 heteroatoms. The van der Waals surface area contributed by atoms with E-state index < -0.39 is 5.79 Å². The maximum atomic E-state index is 11.0. The van der Waals surface area contributed by atoms with Crippen LogP contribution in [0.5, 0.6) is 0 Å². The van der Waals surface area contributed by atoms with E-state index >= 15 is 0 Å². The van der Waals surface area contributed by atoms with Crippen molar-refractivity contribution < 1.29 is 14.3 Å². The first kappa shape index (κ1) is 13.4. The van der Waals surface area contributed by atoms with Crippen LogP contribution in [0.4, 0.5) is 0 Å². The zero-order valence-electron chi connectivity index (χ0n) is 12.1. The summed E-state index contributed by atoms with van der Waals surface area (Å²) in [6.07, 6.45) is 11.8. The second-order valence-corrected chi connectivity index (χ2v) is 6.31. The van der Waals surface area contributed by atoms with Gasteiger partial charge in [-0.3, -0.25) is 0 Å². The second-order valence-electron chi connectivity index (χ2n) is 6.31. The van der Waals surface area contributed by atoms with Gasteiger partial charge in [0.2, 0.25) is 5.79 Å². The fourth-order valence-electron chi connectivity index (χ4n) is 3.99. The summed E-state index contributed by atoms with van der Waals surface area (Å²) >= 11 is 0. The number of nitrogens with one attached hydrogen (secondary N) is 1. The quantitative estimate of drug-likeness (QED) is 0.748. The van der Waals surface area contributed by atoms with Crippen LogP contribution < -0.4 is 5.32 Å². The standard InChI is InChI=1S/C17H21NO3/c19-11-14-8-12-2-1-3-13-9-17(20-6-7-21-17)5-4-15(13)16(12)10-18-14/h4-5,9,11-12,14,18H,1-3,6-8,10H2. The van der Waals surface area contributed by atoms with Gasteiger partial charge in [-0.1, -0.05) is 6.08 Å². The molecule has 2 aliphatic carbocycles. The number of aldehydes is 1. The second kappa shape index (κ2) is 5.20. The molecule has 2 heterocycles. The van der Waals surface area contributed by atoms with Crippen LogP contribution in [0.1, 0.15) is 25.7 Å². The molecular formula is C17H21NO3. The Hall–Kier alpha value is -1.23. The largest absolute Gasteiger partial charge is 0.341 e. The number of hydrogen-bond acceptors (Lipinski definition) is 4. The van der Waals surface area contributed by atoms with Crippen molar-refractivity contribution >= 4 is 6.29 Å². The van der Waals surface area contributed by atoms with Crippen molar-refractivity contribution in [2.75, 3.05) is 19.8 Å². The van der Waals surface area contributed by atoms with Crippen LogP contribution in [-0.4, -0.2) is 37.9 Å². The molecule has 21 heavy (non-hydrogen) atoms. The molecule has 0 aromatic rings. The Labute approximate surface area is 124 Å². The Morgan fingerprint density at radius 2 is 2.19 bits per heavy atom. The Kier molecular flexibility index (Phi) is 3.32. The number of hydrogen-bond donors (Lipinski definition) is 1. The van der Waals surface area contributed by atoms with E-state index in [0.29, 0.717) is 19.1 Å². The summed E-state index contributed by atoms with van der Waals surface area (Å²) in [5, 5.41) is 3.34. The van der Waals surface area contributed by atoms with E-state index in [4.69, 9.17) is 9.47 Å². The van der Waals surface area contributed by atoms with E-state index in [0.717, 1.165) is 25.7 Å². The van der Waals surface area contributed by atoms with Crippen LogP contribution in [-0.2, 0) is 14.3 Å². The van der Waals surface area contributed by atoms with E-state index in [1.165, 1.54) is 29.6 Å². The first-order chi connectivity index (χ1) is 10.3. The molecule has 2 aliphatic heterocycles. The molecule has 0 saturated carbocycles. The predicted molar refractivity (Wildman–Crippen MR) is 78.7 cm³/mol. The van der Waals surface area contributed by atoms with Gasteiger partial charge in [-0.05, 0) is 60.5 Å². The lowest BCUT2D eigenvalue weighted by atomic mass is 9.82. The Balaban J connectivity index is 1.69. The molecule has 4 rings (SSSR count). The van der Waals surface area contributed by atoms with Gasteiger partial charge in [-0.25, -0.2) is 0 Å². The normalized spacial score (nSPS) is 34.2. The topological polar surface area (TPSA) is 47.6 Å². The third-order valence-electron chi connectivity index (χ3n) is 5.04. The Morgan fingerprint density at radius 1 is 1.33 bits per heavy atom. The monoisotopic (exact) mass is 287 g/mol. The number of ether oxygens (including phenoxy) is 2. The highest BCUT2D eigenvalue weighted by atomic mass is 16.7. The minimum absolute atomic E-state index is 0.0188. The number of allylic oxidation sites excluding steroid dienone is 3. The van der Waals surface area contributed by atoms with Crippen molar-refractivity contribution in [3.8, 4) is 0 Å². The number of carbonyl (C=O) groups excluding carboxylic acids is 1. The number of piperidine rings is 1. The van der Waals surface area contributed by atoms with E-state index in [1.807, 2.05) is 6.08 Å². The third-order valence-corrected chi connectivity index (χ3v) is 5.04. The van der Waals surface area contributed by atoms with Crippen molar-refractivity contribution in [1.82, 2.24) is 5.32 Å². The zero-order chi connectivity index (χ0) is 14.3. The molecule has 112 valence electrons. The summed E-state index contributed by atoms with van der Waals surface area (Å²) in [5.74, 6) is -0.0846. The summed E-state index contributed by atoms with van der Waals surface area (Å²) in [4.78, 5) is 11.0. The summed E-state index contributed by atoms with van der Waals surface area (Å²) < 4.78 is 11.5. The maximum absolute atomic E-state index is 11.0. The van der Waals surface area contributed by atoms with Crippen molar-refractivity contribution in [3.05, 3.63) is 34.9 Å². The smallest absolute Gasteiger partial charge is 0.209 e. The molecule has 1 N–H and O–H groups in total. The van der Waals surface area contributed by atoms with Gasteiger partial charge >= 0.3 is 0 Å². The van der Waals surface area contributed by atoms with Gasteiger partial charge in [0.05, 0.1) is 19.3 Å². The molecule has 0 amide bonds. The number of carbonyl (C=O) groups is 1. The molecule has 2 unspecified atom stereocenters. The minimum atomic E-state index is -0.618. The Bertz CT molecular complexity index is 540. The molecule has 1 spiro atoms. The van der Waals surface area contributed by atoms with Gasteiger partial charge in [0, 0.05) is 6.54 Å². The van der Waals surface area contributed by atoms with Crippen molar-refractivity contribution in [2.45, 2.75) is 37.5 Å². The highest BCUT2D eigenvalue weighted by molar-refractivity contribution is 5.59. The number of rotatable bonds is 1. The molecule has 2 saturated heterocycles. The first-order valence-electron chi connectivity index (χ1n) is 7.91. The minimum Gasteiger partial charge on any atom is -0.341 e. The van der Waals surface area contributed by atoms with E-state index in [2.05, 4.69) is 17.5 Å². The lowest BCUT2D eigenvalue weighted by Crippen LogP contribution is -2.41. The Morgan fingerprint density at radius 3 is 3.00 bits per heavy atom. The van der Waals surface area contributed by atoms with Crippen molar-refractivity contribution in [2.24, 2.45) is 5.92 Å². The molecule has 2 atom stereocenters. The van der Waals surface area contributed by atoms with Crippen molar-refractivity contribution in [1.29, 1.82) is 0 Å². The van der Waals surface area contributed by atoms with Gasteiger partial charge < -0.3 is 19.6 Å². The van der Waals surface area contributed by atoms with Gasteiger partial charge in [-0.2, -0.15) is 0 Å².